The van der Waals surface area contributed by atoms with Gasteiger partial charge in [0.15, 0.2) is 12.6 Å². The van der Waals surface area contributed by atoms with Gasteiger partial charge in [-0.1, -0.05) is 484 Å². The van der Waals surface area contributed by atoms with Crippen LogP contribution in [0.5, 0.6) is 0 Å². The average Bonchev–Trinajstić information content (AvgIpc) is 1.09. The molecule has 646 valence electrons. The van der Waals surface area contributed by atoms with Crippen molar-refractivity contribution in [1.82, 2.24) is 0 Å². The van der Waals surface area contributed by atoms with Gasteiger partial charge in [0, 0.05) is 29.8 Å². The standard InChI is InChI=1S/5C18H36O2.C4H6O4.Na.Sn/c5*1-2-3-4-5-6-7-8-9-10-11-12-13-14-15-16-17-18(19)20;5-1-3(7)4(8)2-6;;/h5*2-17H2,1H3,(H,19,20);1-4,7-8H;;/q;;;;;;+1;+4/p-5. The molecule has 14 nitrogen and oxygen atoms in total. The second-order valence-corrected chi connectivity index (χ2v) is 31.6. The van der Waals surface area contributed by atoms with Gasteiger partial charge in [0.1, 0.15) is 12.2 Å². The molecule has 2 atom stereocenters. The molecular weight excluding hydrogens is 1490 g/mol. The van der Waals surface area contributed by atoms with Gasteiger partial charge in [-0.2, -0.15) is 0 Å². The Morgan fingerprint density at radius 2 is 0.264 bits per heavy atom. The van der Waals surface area contributed by atoms with Crippen LogP contribution in [-0.4, -0.2) is 88.7 Å². The van der Waals surface area contributed by atoms with Crippen molar-refractivity contribution in [3.63, 3.8) is 0 Å². The minimum absolute atomic E-state index is 0. The Bertz CT molecular complexity index is 1480. The van der Waals surface area contributed by atoms with Crippen molar-refractivity contribution in [2.45, 2.75) is 560 Å². The maximum Gasteiger partial charge on any atom is 4.00 e. The van der Waals surface area contributed by atoms with E-state index in [1.165, 1.54) is 417 Å². The fourth-order valence-corrected chi connectivity index (χ4v) is 13.4. The van der Waals surface area contributed by atoms with Crippen molar-refractivity contribution in [2.75, 3.05) is 0 Å². The minimum atomic E-state index is -1.58. The molecule has 0 aliphatic heterocycles. The van der Waals surface area contributed by atoms with Crippen LogP contribution in [0.25, 0.3) is 0 Å². The molecule has 0 aliphatic carbocycles. The fourth-order valence-electron chi connectivity index (χ4n) is 13.4. The van der Waals surface area contributed by atoms with E-state index in [0.717, 1.165) is 64.2 Å². The Kier molecular flexibility index (Phi) is 133. The molecule has 0 aromatic carbocycles. The number of aldehydes is 2. The number of carbonyl (C=O) groups excluding carboxylic acids is 7. The van der Waals surface area contributed by atoms with Crippen LogP contribution in [0, 0.1) is 0 Å². The van der Waals surface area contributed by atoms with Gasteiger partial charge < -0.3 is 69.3 Å². The molecule has 0 aliphatic rings. The Labute approximate surface area is 720 Å². The smallest absolute Gasteiger partial charge is 0.550 e. The van der Waals surface area contributed by atoms with Gasteiger partial charge in [-0.3, -0.25) is 0 Å². The summed E-state index contributed by atoms with van der Waals surface area (Å²) in [6.07, 6.45) is 96.3. The van der Waals surface area contributed by atoms with Crippen LogP contribution in [0.3, 0.4) is 0 Å². The third-order valence-electron chi connectivity index (χ3n) is 20.6. The van der Waals surface area contributed by atoms with Crippen LogP contribution >= 0.6 is 0 Å². The average molecular weight is 1680 g/mol. The molecule has 0 heterocycles. The summed E-state index contributed by atoms with van der Waals surface area (Å²) in [6.45, 7) is 11.3. The number of aliphatic hydroxyl groups is 2. The molecule has 0 aromatic rings. The van der Waals surface area contributed by atoms with Crippen molar-refractivity contribution >= 4 is 66.3 Å². The summed E-state index contributed by atoms with van der Waals surface area (Å²) in [5.41, 5.74) is 0. The molecule has 0 aromatic heterocycles. The number of hydrogen-bond acceptors (Lipinski definition) is 14. The molecule has 0 amide bonds. The van der Waals surface area contributed by atoms with Gasteiger partial charge in [0.2, 0.25) is 0 Å². The normalized spacial score (nSPS) is 11.1. The van der Waals surface area contributed by atoms with Gasteiger partial charge in [-0.15, -0.1) is 0 Å². The van der Waals surface area contributed by atoms with Crippen LogP contribution in [0.15, 0.2) is 0 Å². The van der Waals surface area contributed by atoms with Crippen LogP contribution in [0.4, 0.5) is 0 Å². The molecule has 16 heteroatoms. The Morgan fingerprint density at radius 1 is 0.191 bits per heavy atom. The molecule has 0 fully saturated rings. The van der Waals surface area contributed by atoms with E-state index in [9.17, 15) is 59.1 Å². The first-order valence-corrected chi connectivity index (χ1v) is 46.8. The Morgan fingerprint density at radius 3 is 0.327 bits per heavy atom. The molecule has 0 rings (SSSR count). The second kappa shape index (κ2) is 118. The van der Waals surface area contributed by atoms with Crippen LogP contribution in [0.2, 0.25) is 0 Å². The number of hydrogen-bond donors (Lipinski definition) is 2. The van der Waals surface area contributed by atoms with Crippen molar-refractivity contribution < 1.29 is 98.9 Å². The predicted octanol–water partition coefficient (Wildman–Crippen LogP) is 19.7. The SMILES string of the molecule is CCCCCCCCCCCCCCCCCC(=O)[O-].CCCCCCCCCCCCCCCCCC(=O)[O-].CCCCCCCCCCCCCCCCCC(=O)[O-].CCCCCCCCCCCCCCCCCC(=O)[O-].CCCCCCCCCCCCCCCCCC(=O)[O-].O=CC(O)C(O)C=O.[Na+].[Sn+4]. The topological polar surface area (TPSA) is 275 Å². The molecule has 0 saturated heterocycles. The molecule has 110 heavy (non-hydrogen) atoms. The number of carbonyl (C=O) groups is 7. The number of unbranched alkanes of at least 4 members (excludes halogenated alkanes) is 70. The number of rotatable bonds is 83. The van der Waals surface area contributed by atoms with E-state index in [2.05, 4.69) is 34.6 Å². The van der Waals surface area contributed by atoms with Crippen molar-refractivity contribution in [2.24, 2.45) is 0 Å². The largest absolute Gasteiger partial charge is 4.00 e. The van der Waals surface area contributed by atoms with E-state index < -0.39 is 42.1 Å². The molecule has 0 bridgehead atoms. The zero-order valence-corrected chi connectivity index (χ0v) is 78.5. The van der Waals surface area contributed by atoms with E-state index in [1.807, 2.05) is 0 Å². The minimum Gasteiger partial charge on any atom is -0.550 e. The summed E-state index contributed by atoms with van der Waals surface area (Å²) >= 11 is 0. The predicted molar refractivity (Wildman–Crippen MR) is 453 cm³/mol. The summed E-state index contributed by atoms with van der Waals surface area (Å²) in [6, 6.07) is 0. The first-order valence-electron chi connectivity index (χ1n) is 46.8. The third-order valence-corrected chi connectivity index (χ3v) is 20.6. The van der Waals surface area contributed by atoms with E-state index in [0.29, 0.717) is 0 Å². The number of carboxylic acids is 5. The summed E-state index contributed by atoms with van der Waals surface area (Å²) in [5, 5.41) is 67.7. The van der Waals surface area contributed by atoms with Gasteiger partial charge in [0.25, 0.3) is 0 Å². The maximum atomic E-state index is 10.2. The van der Waals surface area contributed by atoms with Gasteiger partial charge >= 0.3 is 53.5 Å². The molecule has 0 radical (unpaired) electrons. The summed E-state index contributed by atoms with van der Waals surface area (Å²) in [5.74, 6) is -4.52. The summed E-state index contributed by atoms with van der Waals surface area (Å²) in [7, 11) is 0. The second-order valence-electron chi connectivity index (χ2n) is 31.6. The van der Waals surface area contributed by atoms with Crippen molar-refractivity contribution in [3.8, 4) is 0 Å². The third kappa shape index (κ3) is 141. The van der Waals surface area contributed by atoms with Gasteiger partial charge in [-0.05, 0) is 64.2 Å². The molecule has 0 spiro atoms. The van der Waals surface area contributed by atoms with E-state index in [1.54, 1.807) is 0 Å². The van der Waals surface area contributed by atoms with E-state index in [-0.39, 0.29) is 98.1 Å². The molecule has 0 saturated carbocycles. The number of carboxylic acid groups (broad SMARTS) is 5. The zero-order chi connectivity index (χ0) is 81.0. The van der Waals surface area contributed by atoms with E-state index in [4.69, 9.17) is 10.2 Å². The van der Waals surface area contributed by atoms with Crippen LogP contribution in [0.1, 0.15) is 548 Å². The Hall–Kier alpha value is -1.59. The number of aliphatic carboxylic acids is 5. The van der Waals surface area contributed by atoms with Crippen LogP contribution in [-0.2, 0) is 33.6 Å². The zero-order valence-electron chi connectivity index (χ0n) is 73.7. The quantitative estimate of drug-likeness (QED) is 0.0326. The molecule has 2 N–H and O–H groups in total. The number of aliphatic hydroxyl groups excluding tert-OH is 2. The fraction of sp³-hybridized carbons (Fsp3) is 0.926. The van der Waals surface area contributed by atoms with E-state index >= 15 is 0 Å². The summed E-state index contributed by atoms with van der Waals surface area (Å²) < 4.78 is 0. The first-order chi connectivity index (χ1) is 52.6. The molecule has 2 unspecified atom stereocenters. The maximum absolute atomic E-state index is 10.2. The van der Waals surface area contributed by atoms with Crippen molar-refractivity contribution in [1.29, 1.82) is 0 Å². The Balaban J connectivity index is -0.000000191. The molecular formula is C94H181NaO14Sn. The van der Waals surface area contributed by atoms with Gasteiger partial charge in [-0.25, -0.2) is 0 Å². The monoisotopic (exact) mass is 1680 g/mol. The first kappa shape index (κ1) is 124. The van der Waals surface area contributed by atoms with Crippen LogP contribution < -0.4 is 55.1 Å². The summed E-state index contributed by atoms with van der Waals surface area (Å²) in [4.78, 5) is 70.2. The van der Waals surface area contributed by atoms with Crippen molar-refractivity contribution in [3.05, 3.63) is 0 Å². The van der Waals surface area contributed by atoms with Gasteiger partial charge in [0.05, 0.1) is 0 Å².